The average Bonchev–Trinajstić information content (AvgIpc) is 3.30. The van der Waals surface area contributed by atoms with Crippen molar-refractivity contribution in [1.29, 1.82) is 0 Å². The van der Waals surface area contributed by atoms with Gasteiger partial charge >= 0.3 is 11.7 Å². The third-order valence-corrected chi connectivity index (χ3v) is 8.07. The highest BCUT2D eigenvalue weighted by Crippen LogP contribution is 2.47. The van der Waals surface area contributed by atoms with Crippen LogP contribution in [0, 0.1) is 0 Å². The van der Waals surface area contributed by atoms with E-state index in [1.807, 2.05) is 6.92 Å². The maximum Gasteiger partial charge on any atom is 0.338 e. The van der Waals surface area contributed by atoms with E-state index in [9.17, 15) is 18.9 Å². The van der Waals surface area contributed by atoms with E-state index in [0.717, 1.165) is 17.4 Å². The van der Waals surface area contributed by atoms with E-state index in [-0.39, 0.29) is 32.3 Å². The van der Waals surface area contributed by atoms with Gasteiger partial charge in [0.05, 0.1) is 12.2 Å². The first kappa shape index (κ1) is 29.0. The monoisotopic (exact) mass is 538 g/mol. The molecule has 1 aromatic heterocycles. The van der Waals surface area contributed by atoms with Gasteiger partial charge in [0.25, 0.3) is 5.56 Å². The lowest BCUT2D eigenvalue weighted by Gasteiger charge is -2.22. The van der Waals surface area contributed by atoms with Crippen LogP contribution in [-0.2, 0) is 34.8 Å². The second-order valence-electron chi connectivity index (χ2n) is 8.51. The number of carbonyl (C=O) groups is 1. The number of esters is 1. The first-order valence-corrected chi connectivity index (χ1v) is 14.5. The molecular weight excluding hydrogens is 503 g/mol. The minimum absolute atomic E-state index is 0.0810. The number of carbonyl (C=O) groups excluding carboxylic acids is 1. The standard InChI is InChI=1S/C25H35N2O9P/c1-4-7-15-32-17-27-21(28)13-14-26(25(27)30)23-20(35-24(29)19-11-9-8-10-12-19)16-22(36-23)33-18-37(31,6-3)34-5-2/h8-14,20,22-23H,4-7,15-18H2,1-3H3/t20-,22-,23+,37?/m0/s1. The molecule has 0 radical (unpaired) electrons. The number of hydrogen-bond acceptors (Lipinski definition) is 9. The van der Waals surface area contributed by atoms with Crippen LogP contribution in [0.3, 0.4) is 0 Å². The molecule has 0 saturated carbocycles. The molecule has 1 fully saturated rings. The van der Waals surface area contributed by atoms with E-state index in [2.05, 4.69) is 0 Å². The normalized spacial score (nSPS) is 21.0. The van der Waals surface area contributed by atoms with Crippen molar-refractivity contribution >= 4 is 13.3 Å². The third kappa shape index (κ3) is 7.72. The van der Waals surface area contributed by atoms with Crippen LogP contribution >= 0.6 is 7.37 Å². The Hall–Kier alpha value is -2.56. The number of benzene rings is 1. The number of nitrogens with zero attached hydrogens (tertiary/aromatic N) is 2. The zero-order chi connectivity index (χ0) is 26.8. The van der Waals surface area contributed by atoms with Crippen LogP contribution in [-0.4, -0.2) is 53.2 Å². The van der Waals surface area contributed by atoms with Crippen molar-refractivity contribution in [3.8, 4) is 0 Å². The van der Waals surface area contributed by atoms with E-state index < -0.39 is 43.2 Å². The summed E-state index contributed by atoms with van der Waals surface area (Å²) >= 11 is 0. The van der Waals surface area contributed by atoms with Crippen molar-refractivity contribution in [3.63, 3.8) is 0 Å². The molecule has 1 aliphatic heterocycles. The molecule has 3 rings (SSSR count). The van der Waals surface area contributed by atoms with Gasteiger partial charge in [-0.3, -0.25) is 13.9 Å². The van der Waals surface area contributed by atoms with Crippen LogP contribution in [0.5, 0.6) is 0 Å². The van der Waals surface area contributed by atoms with Crippen molar-refractivity contribution in [3.05, 3.63) is 69.0 Å². The molecule has 0 N–H and O–H groups in total. The van der Waals surface area contributed by atoms with Gasteiger partial charge in [0.2, 0.25) is 7.37 Å². The predicted molar refractivity (Wildman–Crippen MR) is 136 cm³/mol. The molecule has 1 aliphatic rings. The summed E-state index contributed by atoms with van der Waals surface area (Å²) < 4.78 is 43.2. The molecule has 0 bridgehead atoms. The largest absolute Gasteiger partial charge is 0.454 e. The summed E-state index contributed by atoms with van der Waals surface area (Å²) in [4.78, 5) is 38.4. The quantitative estimate of drug-likeness (QED) is 0.202. The lowest BCUT2D eigenvalue weighted by Crippen LogP contribution is -2.43. The Kier molecular flexibility index (Phi) is 10.8. The summed E-state index contributed by atoms with van der Waals surface area (Å²) in [5.41, 5.74) is -0.870. The van der Waals surface area contributed by atoms with Crippen LogP contribution in [0.2, 0.25) is 0 Å². The summed E-state index contributed by atoms with van der Waals surface area (Å²) in [6.07, 6.45) is 0.246. The maximum absolute atomic E-state index is 13.2. The number of unbranched alkanes of at least 4 members (excludes halogenated alkanes) is 1. The predicted octanol–water partition coefficient (Wildman–Crippen LogP) is 3.56. The summed E-state index contributed by atoms with van der Waals surface area (Å²) in [5.74, 6) is -0.599. The molecule has 1 aromatic carbocycles. The number of ether oxygens (including phenoxy) is 4. The Morgan fingerprint density at radius 3 is 2.57 bits per heavy atom. The summed E-state index contributed by atoms with van der Waals surface area (Å²) in [5, 5.41) is 0. The molecule has 0 aliphatic carbocycles. The topological polar surface area (TPSA) is 124 Å². The fraction of sp³-hybridized carbons (Fsp3) is 0.560. The number of rotatable bonds is 14. The van der Waals surface area contributed by atoms with Gasteiger partial charge < -0.3 is 23.5 Å². The van der Waals surface area contributed by atoms with Gasteiger partial charge in [0, 0.05) is 31.5 Å². The molecule has 2 aromatic rings. The summed E-state index contributed by atoms with van der Waals surface area (Å²) in [7, 11) is -3.02. The van der Waals surface area contributed by atoms with Gasteiger partial charge in [-0.05, 0) is 25.5 Å². The Bertz CT molecular complexity index is 1180. The van der Waals surface area contributed by atoms with Gasteiger partial charge in [-0.25, -0.2) is 14.2 Å². The minimum Gasteiger partial charge on any atom is -0.454 e. The molecule has 0 amide bonds. The molecule has 1 saturated heterocycles. The van der Waals surface area contributed by atoms with Crippen molar-refractivity contribution in [2.45, 2.75) is 65.4 Å². The molecule has 4 atom stereocenters. The molecule has 204 valence electrons. The average molecular weight is 539 g/mol. The van der Waals surface area contributed by atoms with E-state index in [1.165, 1.54) is 16.8 Å². The molecule has 1 unspecified atom stereocenters. The van der Waals surface area contributed by atoms with Crippen LogP contribution < -0.4 is 11.2 Å². The Balaban J connectivity index is 1.85. The Labute approximate surface area is 215 Å². The first-order chi connectivity index (χ1) is 17.8. The summed E-state index contributed by atoms with van der Waals surface area (Å²) in [6, 6.07) is 9.64. The SMILES string of the molecule is CCCCOCn1c(=O)ccn([C@@H]2O[C@H](OCP(=O)(CC)OCC)C[C@@H]2OC(=O)c2ccccc2)c1=O. The molecule has 37 heavy (non-hydrogen) atoms. The minimum atomic E-state index is -3.02. The van der Waals surface area contributed by atoms with E-state index >= 15 is 0 Å². The van der Waals surface area contributed by atoms with E-state index in [1.54, 1.807) is 44.2 Å². The highest BCUT2D eigenvalue weighted by atomic mass is 31.2. The maximum atomic E-state index is 13.2. The van der Waals surface area contributed by atoms with Gasteiger partial charge in [0.1, 0.15) is 13.1 Å². The van der Waals surface area contributed by atoms with E-state index in [4.69, 9.17) is 23.5 Å². The Morgan fingerprint density at radius 1 is 1.14 bits per heavy atom. The van der Waals surface area contributed by atoms with E-state index in [0.29, 0.717) is 12.2 Å². The van der Waals surface area contributed by atoms with Crippen molar-refractivity contribution in [1.82, 2.24) is 9.13 Å². The fourth-order valence-electron chi connectivity index (χ4n) is 3.74. The van der Waals surface area contributed by atoms with Gasteiger partial charge in [-0.15, -0.1) is 0 Å². The molecular formula is C25H35N2O9P. The molecule has 2 heterocycles. The molecule has 12 heteroatoms. The smallest absolute Gasteiger partial charge is 0.338 e. The highest BCUT2D eigenvalue weighted by Gasteiger charge is 2.41. The van der Waals surface area contributed by atoms with Gasteiger partial charge in [-0.2, -0.15) is 0 Å². The van der Waals surface area contributed by atoms with Crippen LogP contribution in [0.25, 0.3) is 0 Å². The van der Waals surface area contributed by atoms with Crippen LogP contribution in [0.1, 0.15) is 56.6 Å². The van der Waals surface area contributed by atoms with Crippen LogP contribution in [0.4, 0.5) is 0 Å². The first-order valence-electron chi connectivity index (χ1n) is 12.5. The zero-order valence-corrected chi connectivity index (χ0v) is 22.3. The van der Waals surface area contributed by atoms with Gasteiger partial charge in [-0.1, -0.05) is 38.5 Å². The van der Waals surface area contributed by atoms with Crippen molar-refractivity contribution in [2.24, 2.45) is 0 Å². The number of aromatic nitrogens is 2. The fourth-order valence-corrected chi connectivity index (χ4v) is 5.04. The van der Waals surface area contributed by atoms with Crippen molar-refractivity contribution in [2.75, 3.05) is 25.7 Å². The molecule has 11 nitrogen and oxygen atoms in total. The number of hydrogen-bond donors (Lipinski definition) is 0. The van der Waals surface area contributed by atoms with Crippen molar-refractivity contribution < 1.29 is 32.8 Å². The zero-order valence-electron chi connectivity index (χ0n) is 21.4. The van der Waals surface area contributed by atoms with Crippen LogP contribution in [0.15, 0.2) is 52.2 Å². The second-order valence-corrected chi connectivity index (χ2v) is 11.3. The lowest BCUT2D eigenvalue weighted by atomic mass is 10.2. The third-order valence-electron chi connectivity index (χ3n) is 5.84. The highest BCUT2D eigenvalue weighted by molar-refractivity contribution is 7.58. The Morgan fingerprint density at radius 2 is 1.89 bits per heavy atom. The van der Waals surface area contributed by atoms with Gasteiger partial charge in [0.15, 0.2) is 18.6 Å². The summed E-state index contributed by atoms with van der Waals surface area (Å²) in [6.45, 7) is 5.96. The molecule has 0 spiro atoms. The lowest BCUT2D eigenvalue weighted by molar-refractivity contribution is -0.147. The second kappa shape index (κ2) is 13.8.